The predicted octanol–water partition coefficient (Wildman–Crippen LogP) is 11.4. The Morgan fingerprint density at radius 3 is 1.93 bits per heavy atom. The molecule has 1 amide bonds. The van der Waals surface area contributed by atoms with Gasteiger partial charge in [0, 0.05) is 33.5 Å². The van der Waals surface area contributed by atoms with E-state index in [-0.39, 0.29) is 11.6 Å². The van der Waals surface area contributed by atoms with Crippen molar-refractivity contribution < 1.29 is 28.5 Å². The maximum atomic E-state index is 13.0. The average molecular weight is 757 g/mol. The molecule has 8 nitrogen and oxygen atoms in total. The number of fused-ring (bicyclic) bond motifs is 2. The summed E-state index contributed by atoms with van der Waals surface area (Å²) < 4.78 is 22.8. The van der Waals surface area contributed by atoms with Crippen LogP contribution in [0.5, 0.6) is 11.5 Å². The molecule has 0 aliphatic carbocycles. The molecule has 2 aliphatic rings. The number of allylic oxidation sites excluding steroid dienone is 1. The number of anilines is 2. The van der Waals surface area contributed by atoms with Gasteiger partial charge in [-0.2, -0.15) is 0 Å². The molecule has 0 fully saturated rings. The first-order chi connectivity index (χ1) is 26.6. The summed E-state index contributed by atoms with van der Waals surface area (Å²) in [5, 5.41) is 3.63. The summed E-state index contributed by atoms with van der Waals surface area (Å²) in [5.74, 6) is 1.62. The lowest BCUT2D eigenvalue weighted by atomic mass is 9.85. The zero-order chi connectivity index (χ0) is 40.8. The molecule has 56 heavy (non-hydrogen) atoms. The number of amides is 1. The van der Waals surface area contributed by atoms with Crippen molar-refractivity contribution in [1.82, 2.24) is 0 Å². The predicted molar refractivity (Wildman–Crippen MR) is 230 cm³/mol. The third kappa shape index (κ3) is 9.25. The molecule has 2 aliphatic heterocycles. The number of ether oxygens (including phenoxy) is 4. The van der Waals surface area contributed by atoms with E-state index in [1.807, 2.05) is 101 Å². The minimum Gasteiger partial charge on any atom is -0.496 e. The SMILES string of the molecule is C=CCOC(CC)C1=CC(C)(C)Nc2ccc(-c3ccccc3OC)cc21.COc1ccccc1-c1ccc2c(c1)C(C=O)=CC(C)(C)N2C(=O)OC(C)(C)C. The molecule has 1 unspecified atom stereocenters. The van der Waals surface area contributed by atoms with Crippen LogP contribution in [-0.4, -0.2) is 56.0 Å². The molecule has 4 aromatic carbocycles. The summed E-state index contributed by atoms with van der Waals surface area (Å²) in [4.78, 5) is 26.5. The summed E-state index contributed by atoms with van der Waals surface area (Å²) in [6.07, 6.45) is 7.23. The third-order valence-corrected chi connectivity index (χ3v) is 9.61. The fourth-order valence-corrected chi connectivity index (χ4v) is 7.26. The first-order valence-electron chi connectivity index (χ1n) is 19.1. The van der Waals surface area contributed by atoms with E-state index in [1.54, 1.807) is 25.2 Å². The van der Waals surface area contributed by atoms with E-state index in [1.165, 1.54) is 11.1 Å². The fourth-order valence-electron chi connectivity index (χ4n) is 7.26. The lowest BCUT2D eigenvalue weighted by Gasteiger charge is -2.41. The van der Waals surface area contributed by atoms with Gasteiger partial charge in [-0.3, -0.25) is 9.69 Å². The molecule has 1 N–H and O–H groups in total. The molecule has 0 saturated heterocycles. The highest BCUT2D eigenvalue weighted by molar-refractivity contribution is 6.14. The van der Waals surface area contributed by atoms with E-state index in [9.17, 15) is 9.59 Å². The maximum absolute atomic E-state index is 13.0. The van der Waals surface area contributed by atoms with Crippen molar-refractivity contribution in [3.05, 3.63) is 121 Å². The number of methoxy groups -OCH3 is 2. The van der Waals surface area contributed by atoms with Gasteiger partial charge in [-0.25, -0.2) is 4.79 Å². The van der Waals surface area contributed by atoms with Gasteiger partial charge in [-0.1, -0.05) is 67.6 Å². The number of nitrogens with zero attached hydrogens (tertiary/aromatic N) is 1. The number of aldehydes is 1. The summed E-state index contributed by atoms with van der Waals surface area (Å²) in [7, 11) is 3.34. The number of benzene rings is 4. The maximum Gasteiger partial charge on any atom is 0.415 e. The normalized spacial score (nSPS) is 15.6. The van der Waals surface area contributed by atoms with Gasteiger partial charge in [0.25, 0.3) is 0 Å². The van der Waals surface area contributed by atoms with Crippen LogP contribution in [0, 0.1) is 0 Å². The van der Waals surface area contributed by atoms with Crippen molar-refractivity contribution in [2.24, 2.45) is 0 Å². The van der Waals surface area contributed by atoms with Gasteiger partial charge in [0.15, 0.2) is 0 Å². The van der Waals surface area contributed by atoms with E-state index >= 15 is 0 Å². The molecule has 1 atom stereocenters. The summed E-state index contributed by atoms with van der Waals surface area (Å²) in [5.41, 5.74) is 8.01. The van der Waals surface area contributed by atoms with E-state index in [0.29, 0.717) is 23.4 Å². The Morgan fingerprint density at radius 1 is 0.821 bits per heavy atom. The molecular weight excluding hydrogens is 701 g/mol. The van der Waals surface area contributed by atoms with Gasteiger partial charge in [0.05, 0.1) is 43.7 Å². The van der Waals surface area contributed by atoms with E-state index in [4.69, 9.17) is 18.9 Å². The van der Waals surface area contributed by atoms with Crippen LogP contribution < -0.4 is 19.7 Å². The fraction of sp³-hybridized carbons (Fsp3) is 0.333. The molecule has 0 bridgehead atoms. The minimum atomic E-state index is -0.711. The lowest BCUT2D eigenvalue weighted by molar-refractivity contribution is -0.103. The number of para-hydroxylation sites is 2. The monoisotopic (exact) mass is 756 g/mol. The highest BCUT2D eigenvalue weighted by Gasteiger charge is 2.39. The van der Waals surface area contributed by atoms with Crippen molar-refractivity contribution >= 4 is 34.9 Å². The molecule has 0 spiro atoms. The summed E-state index contributed by atoms with van der Waals surface area (Å²) in [6.45, 7) is 20.1. The standard InChI is InChI=1S/C24H27NO4.C24H29NO2/c1-23(2,3)29-22(27)25-20-12-11-16(18-9-7-8-10-21(18)28-6)13-19(20)17(15-26)14-24(25,4)5;1-6-14-27-22(7-2)20-16-24(3,4)25-21-13-12-17(15-19(20)21)18-10-8-9-11-23(18)26-5/h7-15H,1-6H3;6,8-13,15-16,22,25H,1,7,14H2,2-5H3. The Balaban J connectivity index is 0.000000215. The smallest absolute Gasteiger partial charge is 0.415 e. The van der Waals surface area contributed by atoms with Gasteiger partial charge < -0.3 is 24.3 Å². The molecule has 0 radical (unpaired) electrons. The molecule has 6 rings (SSSR count). The van der Waals surface area contributed by atoms with Crippen LogP contribution in [0.3, 0.4) is 0 Å². The first kappa shape index (κ1) is 41.6. The van der Waals surface area contributed by atoms with Crippen molar-refractivity contribution in [2.75, 3.05) is 31.0 Å². The van der Waals surface area contributed by atoms with Crippen LogP contribution in [0.15, 0.2) is 110 Å². The number of rotatable bonds is 10. The van der Waals surface area contributed by atoms with E-state index in [2.05, 4.69) is 63.0 Å². The topological polar surface area (TPSA) is 86.3 Å². The van der Waals surface area contributed by atoms with Crippen molar-refractivity contribution in [3.63, 3.8) is 0 Å². The summed E-state index contributed by atoms with van der Waals surface area (Å²) >= 11 is 0. The van der Waals surface area contributed by atoms with Crippen LogP contribution in [0.4, 0.5) is 16.2 Å². The molecule has 0 aromatic heterocycles. The van der Waals surface area contributed by atoms with E-state index in [0.717, 1.165) is 52.1 Å². The van der Waals surface area contributed by atoms with Crippen molar-refractivity contribution in [1.29, 1.82) is 0 Å². The Kier molecular flexibility index (Phi) is 12.6. The van der Waals surface area contributed by atoms with Gasteiger partial charge in [0.2, 0.25) is 0 Å². The Hall–Kier alpha value is -5.60. The number of carbonyl (C=O) groups is 2. The van der Waals surface area contributed by atoms with Gasteiger partial charge in [-0.05, 0) is 114 Å². The number of hydrogen-bond donors (Lipinski definition) is 1. The molecule has 0 saturated carbocycles. The number of carbonyl (C=O) groups excluding carboxylic acids is 2. The second-order valence-electron chi connectivity index (χ2n) is 16.0. The van der Waals surface area contributed by atoms with Crippen LogP contribution in [0.1, 0.15) is 72.9 Å². The van der Waals surface area contributed by atoms with Gasteiger partial charge >= 0.3 is 6.09 Å². The largest absolute Gasteiger partial charge is 0.496 e. The Morgan fingerprint density at radius 2 is 1.39 bits per heavy atom. The average Bonchev–Trinajstić information content (AvgIpc) is 3.16. The molecular formula is C48H56N2O6. The van der Waals surface area contributed by atoms with E-state index < -0.39 is 17.2 Å². The highest BCUT2D eigenvalue weighted by atomic mass is 16.6. The van der Waals surface area contributed by atoms with Crippen LogP contribution in [0.2, 0.25) is 0 Å². The first-order valence-corrected chi connectivity index (χ1v) is 19.1. The Bertz CT molecular complexity index is 2140. The van der Waals surface area contributed by atoms with Crippen molar-refractivity contribution in [3.8, 4) is 33.8 Å². The lowest BCUT2D eigenvalue weighted by Crippen LogP contribution is -2.50. The zero-order valence-electron chi connectivity index (χ0n) is 34.5. The Labute approximate surface area is 332 Å². The minimum absolute atomic E-state index is 0.0380. The van der Waals surface area contributed by atoms with Crippen molar-refractivity contribution in [2.45, 2.75) is 84.6 Å². The molecule has 4 aromatic rings. The van der Waals surface area contributed by atoms with Gasteiger partial charge in [-0.15, -0.1) is 6.58 Å². The van der Waals surface area contributed by atoms with Crippen LogP contribution in [-0.2, 0) is 14.3 Å². The molecule has 294 valence electrons. The highest BCUT2D eigenvalue weighted by Crippen LogP contribution is 2.43. The van der Waals surface area contributed by atoms with Crippen LogP contribution in [0.25, 0.3) is 33.4 Å². The number of nitrogens with one attached hydrogen (secondary N) is 1. The van der Waals surface area contributed by atoms with Gasteiger partial charge in [0.1, 0.15) is 23.4 Å². The van der Waals surface area contributed by atoms with Crippen LogP contribution >= 0.6 is 0 Å². The summed E-state index contributed by atoms with van der Waals surface area (Å²) in [6, 6.07) is 28.1. The second-order valence-corrected chi connectivity index (χ2v) is 16.0. The third-order valence-electron chi connectivity index (χ3n) is 9.61. The molecule has 2 heterocycles. The molecule has 8 heteroatoms. The quantitative estimate of drug-likeness (QED) is 0.127. The number of hydrogen-bond acceptors (Lipinski definition) is 7. The zero-order valence-corrected chi connectivity index (χ0v) is 34.5. The second kappa shape index (κ2) is 17.0.